The fourth-order valence-corrected chi connectivity index (χ4v) is 2.41. The van der Waals surface area contributed by atoms with E-state index in [1.807, 2.05) is 0 Å². The highest BCUT2D eigenvalue weighted by Crippen LogP contribution is 2.19. The molecule has 0 saturated carbocycles. The van der Waals surface area contributed by atoms with Gasteiger partial charge in [0.2, 0.25) is 11.8 Å². The number of halogens is 1. The molecule has 0 spiro atoms. The molecule has 5 nitrogen and oxygen atoms in total. The third-order valence-corrected chi connectivity index (χ3v) is 3.68. The molecule has 112 valence electrons. The number of nitrogens with one attached hydrogen (secondary N) is 1. The Morgan fingerprint density at radius 2 is 2.05 bits per heavy atom. The van der Waals surface area contributed by atoms with Crippen LogP contribution in [0.1, 0.15) is 19.2 Å². The minimum Gasteiger partial charge on any atom is -0.419 e. The Bertz CT molecular complexity index is 580. The minimum absolute atomic E-state index is 0.273. The molecule has 0 unspecified atom stereocenters. The smallest absolute Gasteiger partial charge is 0.247 e. The lowest BCUT2D eigenvalue weighted by Gasteiger charge is -2.37. The first-order valence-corrected chi connectivity index (χ1v) is 7.29. The second kappa shape index (κ2) is 6.32. The summed E-state index contributed by atoms with van der Waals surface area (Å²) in [4.78, 5) is 2.36. The first kappa shape index (κ1) is 14.2. The summed E-state index contributed by atoms with van der Waals surface area (Å²) in [7, 11) is 0. The lowest BCUT2D eigenvalue weighted by atomic mass is 10.1. The van der Waals surface area contributed by atoms with E-state index in [1.54, 1.807) is 12.1 Å². The lowest BCUT2D eigenvalue weighted by Crippen LogP contribution is -2.57. The Kier molecular flexibility index (Phi) is 4.26. The van der Waals surface area contributed by atoms with Gasteiger partial charge in [0, 0.05) is 24.7 Å². The van der Waals surface area contributed by atoms with Gasteiger partial charge in [-0.25, -0.2) is 4.39 Å². The van der Waals surface area contributed by atoms with Crippen molar-refractivity contribution >= 4 is 0 Å². The van der Waals surface area contributed by atoms with Gasteiger partial charge in [0.25, 0.3) is 0 Å². The van der Waals surface area contributed by atoms with Crippen LogP contribution in [0.3, 0.4) is 0 Å². The van der Waals surface area contributed by atoms with Crippen LogP contribution in [0.15, 0.2) is 28.7 Å². The van der Waals surface area contributed by atoms with E-state index in [1.165, 1.54) is 12.1 Å². The quantitative estimate of drug-likeness (QED) is 0.882. The monoisotopic (exact) mass is 290 g/mol. The fourth-order valence-electron chi connectivity index (χ4n) is 2.41. The molecule has 0 bridgehead atoms. The molecule has 2 heterocycles. The molecule has 0 amide bonds. The summed E-state index contributed by atoms with van der Waals surface area (Å²) in [5, 5.41) is 11.4. The molecule has 21 heavy (non-hydrogen) atoms. The Labute approximate surface area is 123 Å². The maximum Gasteiger partial charge on any atom is 0.247 e. The van der Waals surface area contributed by atoms with Gasteiger partial charge >= 0.3 is 0 Å². The first-order chi connectivity index (χ1) is 10.3. The highest BCUT2D eigenvalue weighted by molar-refractivity contribution is 5.51. The molecule has 1 saturated heterocycles. The van der Waals surface area contributed by atoms with Crippen molar-refractivity contribution in [3.8, 4) is 11.5 Å². The van der Waals surface area contributed by atoms with Crippen LogP contribution in [0, 0.1) is 5.82 Å². The van der Waals surface area contributed by atoms with Crippen LogP contribution in [0.4, 0.5) is 4.39 Å². The zero-order chi connectivity index (χ0) is 14.7. The van der Waals surface area contributed by atoms with E-state index in [2.05, 4.69) is 27.3 Å². The van der Waals surface area contributed by atoms with E-state index in [0.717, 1.165) is 31.6 Å². The van der Waals surface area contributed by atoms with Crippen LogP contribution in [0.25, 0.3) is 11.5 Å². The molecule has 1 aromatic heterocycles. The van der Waals surface area contributed by atoms with E-state index in [4.69, 9.17) is 4.42 Å². The molecule has 1 N–H and O–H groups in total. The van der Waals surface area contributed by atoms with Gasteiger partial charge in [0.05, 0.1) is 6.54 Å². The summed E-state index contributed by atoms with van der Waals surface area (Å²) < 4.78 is 18.6. The van der Waals surface area contributed by atoms with E-state index < -0.39 is 0 Å². The van der Waals surface area contributed by atoms with E-state index in [9.17, 15) is 4.39 Å². The second-order valence-corrected chi connectivity index (χ2v) is 5.29. The second-order valence-electron chi connectivity index (χ2n) is 5.29. The molecule has 0 radical (unpaired) electrons. The maximum atomic E-state index is 12.9. The molecule has 1 aliphatic heterocycles. The number of rotatable bonds is 6. The van der Waals surface area contributed by atoms with Crippen LogP contribution in [-0.4, -0.2) is 40.8 Å². The average Bonchev–Trinajstić information content (AvgIpc) is 2.86. The molecule has 6 heteroatoms. The number of hydrogen-bond acceptors (Lipinski definition) is 5. The van der Waals surface area contributed by atoms with Crippen molar-refractivity contribution < 1.29 is 8.81 Å². The van der Waals surface area contributed by atoms with E-state index >= 15 is 0 Å². The summed E-state index contributed by atoms with van der Waals surface area (Å²) in [6.45, 7) is 5.86. The molecule has 3 rings (SSSR count). The maximum absolute atomic E-state index is 12.9. The highest BCUT2D eigenvalue weighted by atomic mass is 19.1. The SMILES string of the molecule is CCCN(Cc1nnc(-c2ccc(F)cc2)o1)C1CNC1. The average molecular weight is 290 g/mol. The number of benzene rings is 1. The summed E-state index contributed by atoms with van der Waals surface area (Å²) >= 11 is 0. The van der Waals surface area contributed by atoms with Gasteiger partial charge in [-0.3, -0.25) is 4.90 Å². The van der Waals surface area contributed by atoms with Gasteiger partial charge < -0.3 is 9.73 Å². The van der Waals surface area contributed by atoms with E-state index in [-0.39, 0.29) is 5.82 Å². The van der Waals surface area contributed by atoms with Crippen molar-refractivity contribution in [3.63, 3.8) is 0 Å². The van der Waals surface area contributed by atoms with Crippen LogP contribution >= 0.6 is 0 Å². The van der Waals surface area contributed by atoms with Gasteiger partial charge in [-0.15, -0.1) is 10.2 Å². The Morgan fingerprint density at radius 3 is 2.67 bits per heavy atom. The van der Waals surface area contributed by atoms with E-state index in [0.29, 0.717) is 24.4 Å². The van der Waals surface area contributed by atoms with Crippen LogP contribution in [0.2, 0.25) is 0 Å². The summed E-state index contributed by atoms with van der Waals surface area (Å²) in [5.74, 6) is 0.771. The topological polar surface area (TPSA) is 54.2 Å². The number of hydrogen-bond donors (Lipinski definition) is 1. The van der Waals surface area contributed by atoms with Crippen LogP contribution in [0.5, 0.6) is 0 Å². The van der Waals surface area contributed by atoms with Crippen molar-refractivity contribution in [1.29, 1.82) is 0 Å². The number of nitrogens with zero attached hydrogens (tertiary/aromatic N) is 3. The Hall–Kier alpha value is -1.79. The van der Waals surface area contributed by atoms with Crippen LogP contribution < -0.4 is 5.32 Å². The molecule has 0 aliphatic carbocycles. The van der Waals surface area contributed by atoms with Gasteiger partial charge in [-0.1, -0.05) is 6.92 Å². The zero-order valence-corrected chi connectivity index (χ0v) is 12.1. The molecular formula is C15H19FN4O. The van der Waals surface area contributed by atoms with Crippen molar-refractivity contribution in [2.24, 2.45) is 0 Å². The van der Waals surface area contributed by atoms with Crippen LogP contribution in [-0.2, 0) is 6.54 Å². The number of aromatic nitrogens is 2. The lowest BCUT2D eigenvalue weighted by molar-refractivity contribution is 0.126. The molecule has 1 aliphatic rings. The largest absolute Gasteiger partial charge is 0.419 e. The van der Waals surface area contributed by atoms with Crippen molar-refractivity contribution in [2.75, 3.05) is 19.6 Å². The van der Waals surface area contributed by atoms with Crippen molar-refractivity contribution in [2.45, 2.75) is 25.9 Å². The standard InChI is InChI=1S/C15H19FN4O/c1-2-7-20(13-8-17-9-13)10-14-18-19-15(21-14)11-3-5-12(16)6-4-11/h3-6,13,17H,2,7-10H2,1H3. The minimum atomic E-state index is -0.273. The predicted molar refractivity (Wildman–Crippen MR) is 77.1 cm³/mol. The van der Waals surface area contributed by atoms with Crippen molar-refractivity contribution in [3.05, 3.63) is 36.0 Å². The summed E-state index contributed by atoms with van der Waals surface area (Å²) in [6, 6.07) is 6.62. The van der Waals surface area contributed by atoms with Gasteiger partial charge in [0.15, 0.2) is 0 Å². The third kappa shape index (κ3) is 3.28. The molecule has 0 atom stereocenters. The fraction of sp³-hybridized carbons (Fsp3) is 0.467. The highest BCUT2D eigenvalue weighted by Gasteiger charge is 2.25. The zero-order valence-electron chi connectivity index (χ0n) is 12.1. The van der Waals surface area contributed by atoms with Gasteiger partial charge in [-0.05, 0) is 37.2 Å². The first-order valence-electron chi connectivity index (χ1n) is 7.29. The Morgan fingerprint density at radius 1 is 1.29 bits per heavy atom. The third-order valence-electron chi connectivity index (χ3n) is 3.68. The van der Waals surface area contributed by atoms with Gasteiger partial charge in [-0.2, -0.15) is 0 Å². The normalized spacial score (nSPS) is 15.4. The predicted octanol–water partition coefficient (Wildman–Crippen LogP) is 2.06. The molecule has 2 aromatic rings. The Balaban J connectivity index is 1.70. The molecular weight excluding hydrogens is 271 g/mol. The van der Waals surface area contributed by atoms with Gasteiger partial charge in [0.1, 0.15) is 5.82 Å². The molecule has 1 fully saturated rings. The van der Waals surface area contributed by atoms with Crippen molar-refractivity contribution in [1.82, 2.24) is 20.4 Å². The summed E-state index contributed by atoms with van der Waals surface area (Å²) in [6.07, 6.45) is 1.09. The summed E-state index contributed by atoms with van der Waals surface area (Å²) in [5.41, 5.74) is 0.738. The molecule has 1 aromatic carbocycles.